The van der Waals surface area contributed by atoms with E-state index in [1.807, 2.05) is 66.9 Å². The first-order valence-electron chi connectivity index (χ1n) is 24.3. The van der Waals surface area contributed by atoms with Crippen LogP contribution in [-0.4, -0.2) is 101 Å². The summed E-state index contributed by atoms with van der Waals surface area (Å²) in [5, 5.41) is 10.6. The van der Waals surface area contributed by atoms with Crippen molar-refractivity contribution in [3.05, 3.63) is 141 Å². The van der Waals surface area contributed by atoms with E-state index in [9.17, 15) is 32.3 Å². The number of carbonyl (C=O) groups excluding carboxylic acids is 4. The van der Waals surface area contributed by atoms with Gasteiger partial charge in [0.2, 0.25) is 11.8 Å². The van der Waals surface area contributed by atoms with Crippen molar-refractivity contribution in [3.63, 3.8) is 0 Å². The first-order valence-corrected chi connectivity index (χ1v) is 24.3. The van der Waals surface area contributed by atoms with Gasteiger partial charge in [0.15, 0.2) is 0 Å². The number of nitrogens with one attached hydrogen (secondary N) is 1. The Balaban J connectivity index is 0.819. The molecule has 4 heterocycles. The number of aryl methyl sites for hydroxylation is 1. The summed E-state index contributed by atoms with van der Waals surface area (Å²) in [6.07, 6.45) is 3.76. The predicted octanol–water partition coefficient (Wildman–Crippen LogP) is 8.12. The number of imide groups is 1. The van der Waals surface area contributed by atoms with Gasteiger partial charge in [-0.1, -0.05) is 43.3 Å². The van der Waals surface area contributed by atoms with E-state index in [2.05, 4.69) is 55.6 Å². The lowest BCUT2D eigenvalue weighted by Gasteiger charge is -2.34. The number of hydrogen-bond acceptors (Lipinski definition) is 11. The van der Waals surface area contributed by atoms with Crippen molar-refractivity contribution in [3.8, 4) is 0 Å². The number of hydrogen-bond donors (Lipinski definition) is 1. The zero-order chi connectivity index (χ0) is 49.5. The van der Waals surface area contributed by atoms with Crippen molar-refractivity contribution in [2.24, 2.45) is 13.0 Å². The predicted molar refractivity (Wildman–Crippen MR) is 262 cm³/mol. The molecule has 70 heavy (non-hydrogen) atoms. The normalized spacial score (nSPS) is 18.8. The number of likely N-dealkylation sites (tertiary alicyclic amines) is 1. The standard InChI is InChI=1S/C54H63F3N8O5/c1-36(52-60-58-35-63(52)4)41-7-5-8-45(26-41)61(2)31-48-44(33-67)24-40(25-49(48)54(55,56)57)28-64-20-6-9-47(30-64)70-34-39-12-10-37(11-13-39)23-38-18-21-65(22-19-38)46-15-14-42(32-66)43(27-46)29-62(3)50-16-17-51(68)59-53(50)69/h5,7-8,10-15,24-27,32-33,35-36,38,47,50H,6,9,16-23,28-31,34H2,1-4H3,(H,59,68,69)/t36-,47?,50?/m1/s1. The van der Waals surface area contributed by atoms with Crippen LogP contribution in [0.3, 0.4) is 0 Å². The van der Waals surface area contributed by atoms with E-state index in [1.54, 1.807) is 24.3 Å². The van der Waals surface area contributed by atoms with Gasteiger partial charge in [-0.05, 0) is 134 Å². The molecule has 1 aromatic heterocycles. The number of ether oxygens (including phenoxy) is 1. The first kappa shape index (κ1) is 50.2. The Hall–Kier alpha value is -6.23. The summed E-state index contributed by atoms with van der Waals surface area (Å²) >= 11 is 0. The van der Waals surface area contributed by atoms with Gasteiger partial charge in [0, 0.05) is 88.2 Å². The number of benzene rings is 4. The molecular weight excluding hydrogens is 898 g/mol. The van der Waals surface area contributed by atoms with Crippen molar-refractivity contribution in [1.29, 1.82) is 0 Å². The summed E-state index contributed by atoms with van der Waals surface area (Å²) in [6, 6.07) is 24.5. The van der Waals surface area contributed by atoms with E-state index in [4.69, 9.17) is 4.74 Å². The summed E-state index contributed by atoms with van der Waals surface area (Å²) in [5.74, 6) is 0.656. The lowest BCUT2D eigenvalue weighted by Crippen LogP contribution is -2.51. The third-order valence-electron chi connectivity index (χ3n) is 14.4. The van der Waals surface area contributed by atoms with Gasteiger partial charge in [-0.25, -0.2) is 0 Å². The maximum Gasteiger partial charge on any atom is 0.416 e. The minimum atomic E-state index is -4.66. The van der Waals surface area contributed by atoms with Crippen LogP contribution >= 0.6 is 0 Å². The number of nitrogens with zero attached hydrogens (tertiary/aromatic N) is 7. The third kappa shape index (κ3) is 12.2. The SMILES string of the molecule is C[C@H](c1cccc(N(C)Cc2c(C=O)cc(CN3CCCC(OCc4ccc(CC5CCN(c6ccc(C=O)c(CN(C)C7CCC(=O)NC7=O)c6)CC5)cc4)C3)cc2C(F)(F)F)c1)c1nncn1C. The Morgan fingerprint density at radius 3 is 2.33 bits per heavy atom. The molecular formula is C54H63F3N8O5. The maximum absolute atomic E-state index is 14.8. The molecule has 8 rings (SSSR count). The van der Waals surface area contributed by atoms with Crippen molar-refractivity contribution < 1.29 is 37.1 Å². The summed E-state index contributed by atoms with van der Waals surface area (Å²) in [5.41, 5.74) is 6.12. The highest BCUT2D eigenvalue weighted by molar-refractivity contribution is 6.00. The number of alkyl halides is 3. The van der Waals surface area contributed by atoms with Crippen LogP contribution in [0, 0.1) is 5.92 Å². The molecule has 4 aromatic carbocycles. The van der Waals surface area contributed by atoms with E-state index >= 15 is 0 Å². The zero-order valence-electron chi connectivity index (χ0n) is 40.5. The zero-order valence-corrected chi connectivity index (χ0v) is 40.5. The van der Waals surface area contributed by atoms with Crippen LogP contribution in [0.4, 0.5) is 24.5 Å². The largest absolute Gasteiger partial charge is 0.416 e. The third-order valence-corrected chi connectivity index (χ3v) is 14.4. The Morgan fingerprint density at radius 2 is 1.63 bits per heavy atom. The molecule has 0 aliphatic carbocycles. The average Bonchev–Trinajstić information content (AvgIpc) is 3.79. The number of aromatic nitrogens is 3. The highest BCUT2D eigenvalue weighted by Gasteiger charge is 2.36. The second-order valence-electron chi connectivity index (χ2n) is 19.4. The van der Waals surface area contributed by atoms with Gasteiger partial charge in [-0.3, -0.25) is 34.3 Å². The van der Waals surface area contributed by atoms with Gasteiger partial charge in [0.05, 0.1) is 24.3 Å². The number of anilines is 2. The van der Waals surface area contributed by atoms with Crippen LogP contribution in [0.2, 0.25) is 0 Å². The summed E-state index contributed by atoms with van der Waals surface area (Å²) in [6.45, 7) is 6.10. The topological polar surface area (TPSA) is 133 Å². The van der Waals surface area contributed by atoms with Gasteiger partial charge in [0.25, 0.3) is 0 Å². The summed E-state index contributed by atoms with van der Waals surface area (Å²) in [4.78, 5) is 56.6. The van der Waals surface area contributed by atoms with Gasteiger partial charge < -0.3 is 19.1 Å². The highest BCUT2D eigenvalue weighted by Crippen LogP contribution is 2.37. The molecule has 5 aromatic rings. The number of rotatable bonds is 18. The second kappa shape index (κ2) is 22.2. The molecule has 3 fully saturated rings. The smallest absolute Gasteiger partial charge is 0.372 e. The van der Waals surface area contributed by atoms with Crippen LogP contribution < -0.4 is 15.1 Å². The molecule has 16 heteroatoms. The minimum absolute atomic E-state index is 0.0325. The number of carbonyl (C=O) groups is 4. The Kier molecular flexibility index (Phi) is 15.9. The summed E-state index contributed by atoms with van der Waals surface area (Å²) in [7, 11) is 5.45. The fourth-order valence-corrected chi connectivity index (χ4v) is 10.4. The van der Waals surface area contributed by atoms with Gasteiger partial charge in [-0.15, -0.1) is 10.2 Å². The number of likely N-dealkylation sites (N-methyl/N-ethyl adjacent to an activating group) is 1. The van der Waals surface area contributed by atoms with Crippen LogP contribution in [0.25, 0.3) is 0 Å². The highest BCUT2D eigenvalue weighted by atomic mass is 19.4. The van der Waals surface area contributed by atoms with E-state index in [-0.39, 0.29) is 48.1 Å². The molecule has 0 saturated carbocycles. The fraction of sp³-hybridized carbons (Fsp3) is 0.444. The molecule has 0 bridgehead atoms. The van der Waals surface area contributed by atoms with Gasteiger partial charge in [-0.2, -0.15) is 13.2 Å². The second-order valence-corrected chi connectivity index (χ2v) is 19.4. The lowest BCUT2D eigenvalue weighted by molar-refractivity contribution is -0.139. The molecule has 1 N–H and O–H groups in total. The number of amides is 2. The van der Waals surface area contributed by atoms with Crippen molar-refractivity contribution >= 4 is 35.8 Å². The molecule has 0 spiro atoms. The minimum Gasteiger partial charge on any atom is -0.372 e. The van der Waals surface area contributed by atoms with E-state index in [0.717, 1.165) is 91.9 Å². The average molecular weight is 961 g/mol. The molecule has 2 amide bonds. The van der Waals surface area contributed by atoms with E-state index in [0.29, 0.717) is 55.9 Å². The van der Waals surface area contributed by atoms with Crippen molar-refractivity contribution in [2.45, 2.75) is 102 Å². The molecule has 2 unspecified atom stereocenters. The Morgan fingerprint density at radius 1 is 0.871 bits per heavy atom. The van der Waals surface area contributed by atoms with Crippen molar-refractivity contribution in [1.82, 2.24) is 29.9 Å². The lowest BCUT2D eigenvalue weighted by atomic mass is 9.89. The Labute approximate surface area is 408 Å². The quantitative estimate of drug-likeness (QED) is 0.0675. The van der Waals surface area contributed by atoms with E-state index < -0.39 is 17.8 Å². The molecule has 3 aliphatic heterocycles. The van der Waals surface area contributed by atoms with Gasteiger partial charge in [0.1, 0.15) is 24.7 Å². The van der Waals surface area contributed by atoms with Crippen LogP contribution in [0.5, 0.6) is 0 Å². The number of piperidine rings is 3. The molecule has 370 valence electrons. The molecule has 3 aliphatic rings. The summed E-state index contributed by atoms with van der Waals surface area (Å²) < 4.78 is 52.6. The molecule has 13 nitrogen and oxygen atoms in total. The maximum atomic E-state index is 14.8. The molecule has 3 saturated heterocycles. The van der Waals surface area contributed by atoms with Crippen LogP contribution in [0.15, 0.2) is 85.2 Å². The fourth-order valence-electron chi connectivity index (χ4n) is 10.4. The van der Waals surface area contributed by atoms with Crippen LogP contribution in [-0.2, 0) is 60.2 Å². The number of halogens is 3. The Bertz CT molecular complexity index is 2650. The first-order chi connectivity index (χ1) is 33.6. The monoisotopic (exact) mass is 960 g/mol. The number of aldehydes is 2. The van der Waals surface area contributed by atoms with E-state index in [1.165, 1.54) is 11.6 Å². The van der Waals surface area contributed by atoms with Crippen LogP contribution in [0.1, 0.15) is 117 Å². The molecule has 0 radical (unpaired) electrons. The van der Waals surface area contributed by atoms with Crippen molar-refractivity contribution in [2.75, 3.05) is 50.1 Å². The molecule has 3 atom stereocenters. The van der Waals surface area contributed by atoms with Gasteiger partial charge >= 0.3 is 6.18 Å².